The van der Waals surface area contributed by atoms with Crippen molar-refractivity contribution in [2.45, 2.75) is 39.5 Å². The molecule has 0 aliphatic carbocycles. The molecule has 0 bridgehead atoms. The van der Waals surface area contributed by atoms with Crippen LogP contribution in [0.2, 0.25) is 5.02 Å². The Morgan fingerprint density at radius 1 is 1.18 bits per heavy atom. The Kier molecular flexibility index (Phi) is 4.07. The molecule has 0 aliphatic heterocycles. The van der Waals surface area contributed by atoms with Gasteiger partial charge in [0.25, 0.3) is 0 Å². The summed E-state index contributed by atoms with van der Waals surface area (Å²) in [5.74, 6) is 0.737. The van der Waals surface area contributed by atoms with E-state index in [0.717, 1.165) is 12.8 Å². The summed E-state index contributed by atoms with van der Waals surface area (Å²) >= 11 is 5.99. The van der Waals surface area contributed by atoms with Crippen LogP contribution in [0, 0.1) is 0 Å². The van der Waals surface area contributed by atoms with Crippen LogP contribution in [0.1, 0.15) is 43.7 Å². The van der Waals surface area contributed by atoms with E-state index in [1.54, 1.807) is 16.7 Å². The van der Waals surface area contributed by atoms with E-state index in [9.17, 15) is 4.79 Å². The van der Waals surface area contributed by atoms with Crippen molar-refractivity contribution in [3.8, 4) is 0 Å². The lowest BCUT2D eigenvalue weighted by Crippen LogP contribution is -2.14. The molecular formula is C16H17ClN4O. The number of hydrogen-bond donors (Lipinski definition) is 0. The van der Waals surface area contributed by atoms with Gasteiger partial charge < -0.3 is 0 Å². The first-order chi connectivity index (χ1) is 10.6. The summed E-state index contributed by atoms with van der Waals surface area (Å²) < 4.78 is 1.62. The highest BCUT2D eigenvalue weighted by Crippen LogP contribution is 2.21. The van der Waals surface area contributed by atoms with E-state index in [4.69, 9.17) is 11.6 Å². The first-order valence-corrected chi connectivity index (χ1v) is 7.89. The SMILES string of the molecule is CCCCC(=O)n1c(CC)nc2nc3cc(Cl)ccc3nc21. The van der Waals surface area contributed by atoms with Crippen LogP contribution in [0.15, 0.2) is 18.2 Å². The summed E-state index contributed by atoms with van der Waals surface area (Å²) in [5, 5.41) is 0.607. The highest BCUT2D eigenvalue weighted by molar-refractivity contribution is 6.31. The van der Waals surface area contributed by atoms with E-state index in [2.05, 4.69) is 21.9 Å². The number of imidazole rings is 1. The van der Waals surface area contributed by atoms with Crippen molar-refractivity contribution >= 4 is 39.8 Å². The molecule has 0 spiro atoms. The Hall–Kier alpha value is -2.01. The Bertz CT molecular complexity index is 856. The number of aromatic nitrogens is 4. The molecule has 3 rings (SSSR count). The minimum Gasteiger partial charge on any atom is -0.274 e. The molecule has 0 fully saturated rings. The number of carbonyl (C=O) groups excluding carboxylic acids is 1. The lowest BCUT2D eigenvalue weighted by Gasteiger charge is -2.05. The second-order valence-corrected chi connectivity index (χ2v) is 5.65. The number of halogens is 1. The normalized spacial score (nSPS) is 11.4. The maximum atomic E-state index is 12.5. The van der Waals surface area contributed by atoms with E-state index in [-0.39, 0.29) is 5.91 Å². The van der Waals surface area contributed by atoms with Crippen LogP contribution in [-0.2, 0) is 6.42 Å². The van der Waals surface area contributed by atoms with Gasteiger partial charge in [-0.3, -0.25) is 4.79 Å². The van der Waals surface area contributed by atoms with Gasteiger partial charge in [-0.2, -0.15) is 0 Å². The van der Waals surface area contributed by atoms with Crippen LogP contribution in [0.5, 0.6) is 0 Å². The maximum Gasteiger partial charge on any atom is 0.233 e. The van der Waals surface area contributed by atoms with Crippen molar-refractivity contribution in [2.75, 3.05) is 0 Å². The second-order valence-electron chi connectivity index (χ2n) is 5.22. The van der Waals surface area contributed by atoms with E-state index < -0.39 is 0 Å². The second kappa shape index (κ2) is 6.01. The van der Waals surface area contributed by atoms with Gasteiger partial charge in [0.1, 0.15) is 5.82 Å². The van der Waals surface area contributed by atoms with Gasteiger partial charge in [-0.15, -0.1) is 0 Å². The molecule has 0 amide bonds. The van der Waals surface area contributed by atoms with Gasteiger partial charge in [0.15, 0.2) is 11.3 Å². The smallest absolute Gasteiger partial charge is 0.233 e. The van der Waals surface area contributed by atoms with E-state index in [0.29, 0.717) is 46.0 Å². The predicted molar refractivity (Wildman–Crippen MR) is 87.4 cm³/mol. The fraction of sp³-hybridized carbons (Fsp3) is 0.375. The van der Waals surface area contributed by atoms with Crippen LogP contribution in [-0.4, -0.2) is 25.4 Å². The first kappa shape index (κ1) is 14.9. The van der Waals surface area contributed by atoms with Crippen molar-refractivity contribution in [2.24, 2.45) is 0 Å². The summed E-state index contributed by atoms with van der Waals surface area (Å²) in [4.78, 5) is 26.0. The molecule has 0 aliphatic rings. The van der Waals surface area contributed by atoms with Crippen molar-refractivity contribution in [3.05, 3.63) is 29.0 Å². The zero-order valence-electron chi connectivity index (χ0n) is 12.6. The zero-order chi connectivity index (χ0) is 15.7. The summed E-state index contributed by atoms with van der Waals surface area (Å²) in [5.41, 5.74) is 2.43. The minimum absolute atomic E-state index is 0.0313. The molecule has 0 saturated carbocycles. The molecule has 2 aromatic heterocycles. The maximum absolute atomic E-state index is 12.5. The molecule has 0 saturated heterocycles. The van der Waals surface area contributed by atoms with Gasteiger partial charge in [0, 0.05) is 17.9 Å². The predicted octanol–water partition coefficient (Wildman–Crippen LogP) is 4.03. The van der Waals surface area contributed by atoms with Crippen LogP contribution < -0.4 is 0 Å². The van der Waals surface area contributed by atoms with Crippen LogP contribution in [0.3, 0.4) is 0 Å². The van der Waals surface area contributed by atoms with E-state index >= 15 is 0 Å². The lowest BCUT2D eigenvalue weighted by atomic mass is 10.2. The third kappa shape index (κ3) is 2.57. The molecule has 1 aromatic carbocycles. The number of unbranched alkanes of at least 4 members (excludes halogenated alkanes) is 1. The molecule has 3 aromatic rings. The Morgan fingerprint density at radius 3 is 2.73 bits per heavy atom. The van der Waals surface area contributed by atoms with E-state index in [1.165, 1.54) is 0 Å². The number of rotatable bonds is 4. The number of benzene rings is 1. The van der Waals surface area contributed by atoms with E-state index in [1.807, 2.05) is 13.0 Å². The third-order valence-corrected chi connectivity index (χ3v) is 3.84. The van der Waals surface area contributed by atoms with Crippen molar-refractivity contribution in [3.63, 3.8) is 0 Å². The number of hydrogen-bond acceptors (Lipinski definition) is 4. The van der Waals surface area contributed by atoms with Gasteiger partial charge in [0.2, 0.25) is 5.91 Å². The topological polar surface area (TPSA) is 60.7 Å². The molecule has 5 nitrogen and oxygen atoms in total. The van der Waals surface area contributed by atoms with Gasteiger partial charge in [0.05, 0.1) is 11.0 Å². The standard InChI is InChI=1S/C16H17ClN4O/c1-3-5-6-14(22)21-13(4-2)20-15-16(21)19-11-8-7-10(17)9-12(11)18-15/h7-9H,3-6H2,1-2H3. The number of carbonyl (C=O) groups is 1. The molecule has 6 heteroatoms. The van der Waals surface area contributed by atoms with Crippen molar-refractivity contribution in [1.29, 1.82) is 0 Å². The molecule has 0 unspecified atom stereocenters. The molecule has 0 atom stereocenters. The molecule has 114 valence electrons. The molecular weight excluding hydrogens is 300 g/mol. The van der Waals surface area contributed by atoms with Crippen LogP contribution in [0.4, 0.5) is 0 Å². The Morgan fingerprint density at radius 2 is 2.00 bits per heavy atom. The summed E-state index contributed by atoms with van der Waals surface area (Å²) in [6, 6.07) is 5.33. The molecule has 0 radical (unpaired) electrons. The summed E-state index contributed by atoms with van der Waals surface area (Å²) in [6.45, 7) is 4.04. The first-order valence-electron chi connectivity index (χ1n) is 7.51. The molecule has 22 heavy (non-hydrogen) atoms. The van der Waals surface area contributed by atoms with Crippen molar-refractivity contribution < 1.29 is 4.79 Å². The average Bonchev–Trinajstić information content (AvgIpc) is 2.87. The summed E-state index contributed by atoms with van der Waals surface area (Å²) in [6.07, 6.45) is 2.99. The average molecular weight is 317 g/mol. The Balaban J connectivity index is 2.21. The van der Waals surface area contributed by atoms with Gasteiger partial charge in [-0.05, 0) is 24.6 Å². The zero-order valence-corrected chi connectivity index (χ0v) is 13.4. The fourth-order valence-electron chi connectivity index (χ4n) is 2.47. The van der Waals surface area contributed by atoms with Gasteiger partial charge >= 0.3 is 0 Å². The largest absolute Gasteiger partial charge is 0.274 e. The number of aryl methyl sites for hydroxylation is 1. The highest BCUT2D eigenvalue weighted by atomic mass is 35.5. The van der Waals surface area contributed by atoms with Crippen molar-refractivity contribution in [1.82, 2.24) is 19.5 Å². The highest BCUT2D eigenvalue weighted by Gasteiger charge is 2.18. The monoisotopic (exact) mass is 316 g/mol. The van der Waals surface area contributed by atoms with Crippen LogP contribution in [0.25, 0.3) is 22.3 Å². The summed E-state index contributed by atoms with van der Waals surface area (Å²) in [7, 11) is 0. The van der Waals surface area contributed by atoms with Crippen LogP contribution >= 0.6 is 11.6 Å². The quantitative estimate of drug-likeness (QED) is 0.729. The molecule has 0 N–H and O–H groups in total. The van der Waals surface area contributed by atoms with Gasteiger partial charge in [-0.1, -0.05) is 31.9 Å². The number of nitrogens with zero attached hydrogens (tertiary/aromatic N) is 4. The fourth-order valence-corrected chi connectivity index (χ4v) is 2.63. The number of fused-ring (bicyclic) bond motifs is 2. The molecule has 2 heterocycles. The lowest BCUT2D eigenvalue weighted by molar-refractivity contribution is 0.0900. The Labute approximate surface area is 133 Å². The third-order valence-electron chi connectivity index (χ3n) is 3.60. The minimum atomic E-state index is 0.0313. The van der Waals surface area contributed by atoms with Gasteiger partial charge in [-0.25, -0.2) is 19.5 Å².